The second-order valence-electron chi connectivity index (χ2n) is 4.94. The van der Waals surface area contributed by atoms with Crippen LogP contribution in [0.2, 0.25) is 0 Å². The molecule has 0 unspecified atom stereocenters. The Kier molecular flexibility index (Phi) is 3.79. The molecule has 1 atom stereocenters. The fourth-order valence-corrected chi connectivity index (χ4v) is 2.07. The second-order valence-corrected chi connectivity index (χ2v) is 4.94. The molecule has 3 nitrogen and oxygen atoms in total. The van der Waals surface area contributed by atoms with E-state index in [-0.39, 0.29) is 11.9 Å². The third-order valence-electron chi connectivity index (χ3n) is 3.24. The fourth-order valence-electron chi connectivity index (χ4n) is 2.07. The maximum atomic E-state index is 11.9. The van der Waals surface area contributed by atoms with E-state index in [0.717, 1.165) is 25.1 Å². The normalized spacial score (nSPS) is 19.6. The number of carbonyl (C=O) groups is 1. The van der Waals surface area contributed by atoms with Crippen molar-refractivity contribution in [2.75, 3.05) is 13.1 Å². The first kappa shape index (κ1) is 12.1. The highest BCUT2D eigenvalue weighted by Crippen LogP contribution is 2.14. The van der Waals surface area contributed by atoms with Crippen molar-refractivity contribution >= 4 is 5.91 Å². The van der Waals surface area contributed by atoms with Crippen LogP contribution in [0, 0.1) is 0 Å². The van der Waals surface area contributed by atoms with Gasteiger partial charge in [-0.1, -0.05) is 26.0 Å². The molecular weight excluding hydrogens is 212 g/mol. The molecule has 0 bridgehead atoms. The summed E-state index contributed by atoms with van der Waals surface area (Å²) in [6.07, 6.45) is 1.02. The number of hydrogen-bond donors (Lipinski definition) is 2. The molecule has 1 aromatic rings. The Balaban J connectivity index is 1.98. The minimum absolute atomic E-state index is 0.0361. The third kappa shape index (κ3) is 3.07. The predicted octanol–water partition coefficient (Wildman–Crippen LogP) is 1.90. The average Bonchev–Trinajstić information content (AvgIpc) is 2.82. The Morgan fingerprint density at radius 2 is 2.06 bits per heavy atom. The van der Waals surface area contributed by atoms with Gasteiger partial charge in [-0.2, -0.15) is 0 Å². The zero-order valence-electron chi connectivity index (χ0n) is 10.5. The molecule has 1 aromatic carbocycles. The Morgan fingerprint density at radius 1 is 1.35 bits per heavy atom. The van der Waals surface area contributed by atoms with E-state index in [4.69, 9.17) is 0 Å². The molecule has 17 heavy (non-hydrogen) atoms. The van der Waals surface area contributed by atoms with Gasteiger partial charge in [-0.25, -0.2) is 0 Å². The molecular formula is C14H20N2O. The third-order valence-corrected chi connectivity index (χ3v) is 3.24. The van der Waals surface area contributed by atoms with Crippen molar-refractivity contribution in [3.8, 4) is 0 Å². The summed E-state index contributed by atoms with van der Waals surface area (Å²) in [6, 6.07) is 8.17. The molecule has 1 saturated heterocycles. The van der Waals surface area contributed by atoms with Crippen LogP contribution < -0.4 is 10.6 Å². The van der Waals surface area contributed by atoms with Crippen LogP contribution in [0.3, 0.4) is 0 Å². The number of carbonyl (C=O) groups excluding carboxylic acids is 1. The molecule has 1 aliphatic rings. The number of rotatable bonds is 3. The number of hydrogen-bond acceptors (Lipinski definition) is 2. The zero-order chi connectivity index (χ0) is 12.3. The molecule has 2 rings (SSSR count). The van der Waals surface area contributed by atoms with Crippen LogP contribution in [-0.2, 0) is 0 Å². The van der Waals surface area contributed by atoms with E-state index < -0.39 is 0 Å². The van der Waals surface area contributed by atoms with E-state index in [2.05, 4.69) is 24.5 Å². The first-order valence-electron chi connectivity index (χ1n) is 6.28. The van der Waals surface area contributed by atoms with E-state index >= 15 is 0 Å². The Bertz CT molecular complexity index is 378. The van der Waals surface area contributed by atoms with Crippen LogP contribution >= 0.6 is 0 Å². The molecule has 1 fully saturated rings. The van der Waals surface area contributed by atoms with E-state index in [9.17, 15) is 4.79 Å². The molecule has 0 saturated carbocycles. The van der Waals surface area contributed by atoms with Gasteiger partial charge in [0, 0.05) is 18.2 Å². The SMILES string of the molecule is CC(C)c1ccc(C(=O)N[C@H]2CCNC2)cc1. The van der Waals surface area contributed by atoms with E-state index in [1.54, 1.807) is 0 Å². The lowest BCUT2D eigenvalue weighted by Gasteiger charge is -2.12. The summed E-state index contributed by atoms with van der Waals surface area (Å²) >= 11 is 0. The van der Waals surface area contributed by atoms with Crippen LogP contribution in [0.15, 0.2) is 24.3 Å². The molecule has 3 heteroatoms. The lowest BCUT2D eigenvalue weighted by Crippen LogP contribution is -2.36. The first-order chi connectivity index (χ1) is 8.16. The number of benzene rings is 1. The lowest BCUT2D eigenvalue weighted by atomic mass is 10.0. The standard InChI is InChI=1S/C14H20N2O/c1-10(2)11-3-5-12(6-4-11)14(17)16-13-7-8-15-9-13/h3-6,10,13,15H,7-9H2,1-2H3,(H,16,17)/t13-/m0/s1. The Morgan fingerprint density at radius 3 is 2.59 bits per heavy atom. The van der Waals surface area contributed by atoms with Crippen molar-refractivity contribution < 1.29 is 4.79 Å². The van der Waals surface area contributed by atoms with Gasteiger partial charge in [0.25, 0.3) is 5.91 Å². The Labute approximate surface area is 103 Å². The van der Waals surface area contributed by atoms with Crippen molar-refractivity contribution in [1.29, 1.82) is 0 Å². The molecule has 1 heterocycles. The molecule has 0 aromatic heterocycles. The van der Waals surface area contributed by atoms with Crippen molar-refractivity contribution in [3.63, 3.8) is 0 Å². The molecule has 92 valence electrons. The van der Waals surface area contributed by atoms with Crippen LogP contribution in [0.1, 0.15) is 42.1 Å². The highest BCUT2D eigenvalue weighted by Gasteiger charge is 2.17. The van der Waals surface area contributed by atoms with Crippen molar-refractivity contribution in [2.45, 2.75) is 32.2 Å². The van der Waals surface area contributed by atoms with Crippen LogP contribution in [0.4, 0.5) is 0 Å². The number of amides is 1. The fraction of sp³-hybridized carbons (Fsp3) is 0.500. The summed E-state index contributed by atoms with van der Waals surface area (Å²) in [4.78, 5) is 11.9. The second kappa shape index (κ2) is 5.32. The molecule has 0 radical (unpaired) electrons. The highest BCUT2D eigenvalue weighted by molar-refractivity contribution is 5.94. The minimum Gasteiger partial charge on any atom is -0.348 e. The summed E-state index contributed by atoms with van der Waals surface area (Å²) in [5.74, 6) is 0.542. The summed E-state index contributed by atoms with van der Waals surface area (Å²) < 4.78 is 0. The maximum Gasteiger partial charge on any atom is 0.251 e. The van der Waals surface area contributed by atoms with E-state index in [1.165, 1.54) is 5.56 Å². The molecule has 0 aliphatic carbocycles. The summed E-state index contributed by atoms with van der Waals surface area (Å²) in [7, 11) is 0. The quantitative estimate of drug-likeness (QED) is 0.835. The van der Waals surface area contributed by atoms with Gasteiger partial charge in [0.05, 0.1) is 0 Å². The van der Waals surface area contributed by atoms with Gasteiger partial charge in [-0.05, 0) is 36.6 Å². The monoisotopic (exact) mass is 232 g/mol. The lowest BCUT2D eigenvalue weighted by molar-refractivity contribution is 0.0940. The van der Waals surface area contributed by atoms with E-state index in [0.29, 0.717) is 5.92 Å². The molecule has 2 N–H and O–H groups in total. The molecule has 0 spiro atoms. The van der Waals surface area contributed by atoms with Crippen LogP contribution in [0.5, 0.6) is 0 Å². The zero-order valence-corrected chi connectivity index (χ0v) is 10.5. The van der Waals surface area contributed by atoms with Gasteiger partial charge in [-0.15, -0.1) is 0 Å². The largest absolute Gasteiger partial charge is 0.348 e. The van der Waals surface area contributed by atoms with Crippen LogP contribution in [0.25, 0.3) is 0 Å². The van der Waals surface area contributed by atoms with Gasteiger partial charge < -0.3 is 10.6 Å². The first-order valence-corrected chi connectivity index (χ1v) is 6.28. The highest BCUT2D eigenvalue weighted by atomic mass is 16.1. The average molecular weight is 232 g/mol. The van der Waals surface area contributed by atoms with E-state index in [1.807, 2.05) is 24.3 Å². The summed E-state index contributed by atoms with van der Waals surface area (Å²) in [5, 5.41) is 6.28. The van der Waals surface area contributed by atoms with Gasteiger partial charge in [0.15, 0.2) is 0 Å². The van der Waals surface area contributed by atoms with Crippen molar-refractivity contribution in [3.05, 3.63) is 35.4 Å². The smallest absolute Gasteiger partial charge is 0.251 e. The predicted molar refractivity (Wildman–Crippen MR) is 69.3 cm³/mol. The maximum absolute atomic E-state index is 11.9. The van der Waals surface area contributed by atoms with Gasteiger partial charge in [0.1, 0.15) is 0 Å². The minimum atomic E-state index is 0.0361. The Hall–Kier alpha value is -1.35. The molecule has 1 aliphatic heterocycles. The van der Waals surface area contributed by atoms with Crippen molar-refractivity contribution in [1.82, 2.24) is 10.6 Å². The van der Waals surface area contributed by atoms with Gasteiger partial charge in [-0.3, -0.25) is 4.79 Å². The molecule has 1 amide bonds. The van der Waals surface area contributed by atoms with Crippen LogP contribution in [-0.4, -0.2) is 25.0 Å². The number of nitrogens with one attached hydrogen (secondary N) is 2. The summed E-state index contributed by atoms with van der Waals surface area (Å²) in [5.41, 5.74) is 2.02. The van der Waals surface area contributed by atoms with Gasteiger partial charge >= 0.3 is 0 Å². The van der Waals surface area contributed by atoms with Crippen molar-refractivity contribution in [2.24, 2.45) is 0 Å². The summed E-state index contributed by atoms with van der Waals surface area (Å²) in [6.45, 7) is 6.19. The van der Waals surface area contributed by atoms with Gasteiger partial charge in [0.2, 0.25) is 0 Å². The topological polar surface area (TPSA) is 41.1 Å².